The molecule has 0 radical (unpaired) electrons. The minimum absolute atomic E-state index is 0.139. The van der Waals surface area contributed by atoms with Crippen molar-refractivity contribution >= 4 is 0 Å². The van der Waals surface area contributed by atoms with E-state index in [0.717, 1.165) is 39.0 Å². The lowest BCUT2D eigenvalue weighted by atomic mass is 9.94. The number of aliphatic hydroxyl groups is 1. The van der Waals surface area contributed by atoms with E-state index in [1.807, 2.05) is 0 Å². The smallest absolute Gasteiger partial charge is 0.0700 e. The summed E-state index contributed by atoms with van der Waals surface area (Å²) >= 11 is 0. The second kappa shape index (κ2) is 9.81. The predicted octanol–water partition coefficient (Wildman–Crippen LogP) is 3.74. The molecule has 1 N–H and O–H groups in total. The monoisotopic (exact) mass is 297 g/mol. The second-order valence-corrected chi connectivity index (χ2v) is 6.94. The molecule has 0 aromatic carbocycles. The van der Waals surface area contributed by atoms with Crippen molar-refractivity contribution in [2.24, 2.45) is 0 Å². The zero-order chi connectivity index (χ0) is 14.9. The Morgan fingerprint density at radius 1 is 0.952 bits per heavy atom. The van der Waals surface area contributed by atoms with E-state index in [2.05, 4.69) is 11.8 Å². The number of ether oxygens (including phenoxy) is 1. The van der Waals surface area contributed by atoms with Crippen molar-refractivity contribution in [3.05, 3.63) is 0 Å². The molecule has 21 heavy (non-hydrogen) atoms. The molecule has 2 aliphatic rings. The summed E-state index contributed by atoms with van der Waals surface area (Å²) in [6.07, 6.45) is 14.1. The van der Waals surface area contributed by atoms with Gasteiger partial charge >= 0.3 is 0 Å². The molecule has 1 heterocycles. The van der Waals surface area contributed by atoms with Gasteiger partial charge in [0.25, 0.3) is 0 Å². The van der Waals surface area contributed by atoms with Gasteiger partial charge in [0.1, 0.15) is 0 Å². The molecule has 1 saturated carbocycles. The normalized spacial score (nSPS) is 34.9. The fraction of sp³-hybridized carbons (Fsp3) is 1.00. The third kappa shape index (κ3) is 5.88. The molecule has 3 nitrogen and oxygen atoms in total. The number of rotatable bonds is 2. The molecular formula is C18H35NO2. The van der Waals surface area contributed by atoms with E-state index >= 15 is 0 Å². The Kier molecular flexibility index (Phi) is 8.05. The van der Waals surface area contributed by atoms with Crippen LogP contribution in [0.1, 0.15) is 77.6 Å². The Morgan fingerprint density at radius 3 is 2.24 bits per heavy atom. The summed E-state index contributed by atoms with van der Waals surface area (Å²) in [5.41, 5.74) is 0. The van der Waals surface area contributed by atoms with Crippen LogP contribution in [0.5, 0.6) is 0 Å². The molecule has 0 spiro atoms. The van der Waals surface area contributed by atoms with Crippen molar-refractivity contribution in [1.82, 2.24) is 4.90 Å². The van der Waals surface area contributed by atoms with Crippen molar-refractivity contribution in [3.63, 3.8) is 0 Å². The van der Waals surface area contributed by atoms with Gasteiger partial charge in [-0.3, -0.25) is 4.90 Å². The van der Waals surface area contributed by atoms with E-state index in [9.17, 15) is 5.11 Å². The Bertz CT molecular complexity index is 272. The molecule has 2 rings (SSSR count). The number of hydrogen-bond donors (Lipinski definition) is 1. The van der Waals surface area contributed by atoms with Gasteiger partial charge in [-0.25, -0.2) is 0 Å². The molecule has 0 amide bonds. The van der Waals surface area contributed by atoms with E-state index in [1.165, 1.54) is 51.4 Å². The largest absolute Gasteiger partial charge is 0.391 e. The van der Waals surface area contributed by atoms with Crippen LogP contribution in [0, 0.1) is 0 Å². The second-order valence-electron chi connectivity index (χ2n) is 6.94. The lowest BCUT2D eigenvalue weighted by Gasteiger charge is -2.40. The number of hydrogen-bond acceptors (Lipinski definition) is 3. The van der Waals surface area contributed by atoms with Gasteiger partial charge in [0.05, 0.1) is 18.8 Å². The first-order valence-corrected chi connectivity index (χ1v) is 9.35. The molecular weight excluding hydrogens is 262 g/mol. The minimum Gasteiger partial charge on any atom is -0.391 e. The number of morpholine rings is 1. The molecule has 2 fully saturated rings. The molecule has 3 unspecified atom stereocenters. The molecule has 0 aromatic rings. The van der Waals surface area contributed by atoms with E-state index in [0.29, 0.717) is 12.1 Å². The SMILES string of the molecule is CCC1CN(C2CCCCCCCCCCC2O)CCO1. The van der Waals surface area contributed by atoms with Crippen molar-refractivity contribution in [3.8, 4) is 0 Å². The standard InChI is InChI=1S/C18H35NO2/c1-2-16-15-19(13-14-21-16)17-11-9-7-5-3-4-6-8-10-12-18(17)20/h16-18,20H,2-15H2,1H3. The Labute approximate surface area is 131 Å². The zero-order valence-corrected chi connectivity index (χ0v) is 13.9. The van der Waals surface area contributed by atoms with Crippen molar-refractivity contribution in [1.29, 1.82) is 0 Å². The summed E-state index contributed by atoms with van der Waals surface area (Å²) in [6, 6.07) is 0.363. The maximum atomic E-state index is 10.7. The average Bonchev–Trinajstić information content (AvgIpc) is 2.51. The van der Waals surface area contributed by atoms with Crippen molar-refractivity contribution in [2.75, 3.05) is 19.7 Å². The highest BCUT2D eigenvalue weighted by molar-refractivity contribution is 4.83. The molecule has 1 aliphatic carbocycles. The van der Waals surface area contributed by atoms with Crippen molar-refractivity contribution < 1.29 is 9.84 Å². The van der Waals surface area contributed by atoms with E-state index < -0.39 is 0 Å². The van der Waals surface area contributed by atoms with Crippen LogP contribution in [0.3, 0.4) is 0 Å². The molecule has 124 valence electrons. The lowest BCUT2D eigenvalue weighted by Crippen LogP contribution is -2.51. The van der Waals surface area contributed by atoms with Gasteiger partial charge < -0.3 is 9.84 Å². The molecule has 1 saturated heterocycles. The van der Waals surface area contributed by atoms with Gasteiger partial charge in [0.2, 0.25) is 0 Å². The summed E-state index contributed by atoms with van der Waals surface area (Å²) < 4.78 is 5.80. The maximum absolute atomic E-state index is 10.7. The molecule has 1 aliphatic heterocycles. The third-order valence-corrected chi connectivity index (χ3v) is 5.29. The molecule has 0 bridgehead atoms. The van der Waals surface area contributed by atoms with Crippen LogP contribution in [0.2, 0.25) is 0 Å². The van der Waals surface area contributed by atoms with Crippen LogP contribution in [-0.4, -0.2) is 48.0 Å². The van der Waals surface area contributed by atoms with Gasteiger partial charge in [-0.1, -0.05) is 58.3 Å². The van der Waals surface area contributed by atoms with Crippen LogP contribution in [0.4, 0.5) is 0 Å². The summed E-state index contributed by atoms with van der Waals surface area (Å²) in [5.74, 6) is 0. The van der Waals surface area contributed by atoms with E-state index in [1.54, 1.807) is 0 Å². The minimum atomic E-state index is -0.139. The zero-order valence-electron chi connectivity index (χ0n) is 13.9. The van der Waals surface area contributed by atoms with Gasteiger partial charge in [-0.2, -0.15) is 0 Å². The van der Waals surface area contributed by atoms with Gasteiger partial charge in [0.15, 0.2) is 0 Å². The molecule has 3 heteroatoms. The summed E-state index contributed by atoms with van der Waals surface area (Å²) in [6.45, 7) is 5.05. The highest BCUT2D eigenvalue weighted by Gasteiger charge is 2.29. The Balaban J connectivity index is 1.90. The van der Waals surface area contributed by atoms with Crippen LogP contribution >= 0.6 is 0 Å². The molecule has 0 aromatic heterocycles. The Morgan fingerprint density at radius 2 is 1.57 bits per heavy atom. The van der Waals surface area contributed by atoms with Crippen LogP contribution in [0.25, 0.3) is 0 Å². The van der Waals surface area contributed by atoms with Crippen molar-refractivity contribution in [2.45, 2.75) is 95.8 Å². The van der Waals surface area contributed by atoms with Gasteiger partial charge in [-0.15, -0.1) is 0 Å². The van der Waals surface area contributed by atoms with E-state index in [4.69, 9.17) is 4.74 Å². The topological polar surface area (TPSA) is 32.7 Å². The maximum Gasteiger partial charge on any atom is 0.0700 e. The first kappa shape index (κ1) is 17.2. The fourth-order valence-corrected chi connectivity index (χ4v) is 3.87. The predicted molar refractivity (Wildman–Crippen MR) is 87.6 cm³/mol. The summed E-state index contributed by atoms with van der Waals surface area (Å²) in [7, 11) is 0. The summed E-state index contributed by atoms with van der Waals surface area (Å²) in [4.78, 5) is 2.52. The fourth-order valence-electron chi connectivity index (χ4n) is 3.87. The average molecular weight is 297 g/mol. The number of aliphatic hydroxyl groups excluding tert-OH is 1. The lowest BCUT2D eigenvalue weighted by molar-refractivity contribution is -0.0690. The summed E-state index contributed by atoms with van der Waals surface area (Å²) in [5, 5.41) is 10.7. The molecule has 3 atom stereocenters. The Hall–Kier alpha value is -0.120. The van der Waals surface area contributed by atoms with Crippen LogP contribution < -0.4 is 0 Å². The number of nitrogens with zero attached hydrogens (tertiary/aromatic N) is 1. The highest BCUT2D eigenvalue weighted by Crippen LogP contribution is 2.23. The third-order valence-electron chi connectivity index (χ3n) is 5.29. The van der Waals surface area contributed by atoms with Gasteiger partial charge in [0, 0.05) is 19.1 Å². The first-order chi connectivity index (χ1) is 10.3. The first-order valence-electron chi connectivity index (χ1n) is 9.35. The van der Waals surface area contributed by atoms with E-state index in [-0.39, 0.29) is 6.10 Å². The van der Waals surface area contributed by atoms with Gasteiger partial charge in [-0.05, 0) is 19.3 Å². The highest BCUT2D eigenvalue weighted by atomic mass is 16.5. The van der Waals surface area contributed by atoms with Crippen LogP contribution in [0.15, 0.2) is 0 Å². The quantitative estimate of drug-likeness (QED) is 0.843. The van der Waals surface area contributed by atoms with Crippen LogP contribution in [-0.2, 0) is 4.74 Å².